The zero-order valence-electron chi connectivity index (χ0n) is 17.1. The Morgan fingerprint density at radius 3 is 2.07 bits per heavy atom. The van der Waals surface area contributed by atoms with Crippen molar-refractivity contribution in [3.8, 4) is 0 Å². The summed E-state index contributed by atoms with van der Waals surface area (Å²) < 4.78 is 0. The molecule has 1 aliphatic rings. The van der Waals surface area contributed by atoms with Crippen LogP contribution in [-0.2, 0) is 9.59 Å². The quantitative estimate of drug-likeness (QED) is 0.776. The highest BCUT2D eigenvalue weighted by molar-refractivity contribution is 6.36. The molecule has 3 rings (SSSR count). The van der Waals surface area contributed by atoms with Gasteiger partial charge >= 0.3 is 0 Å². The third kappa shape index (κ3) is 3.93. The summed E-state index contributed by atoms with van der Waals surface area (Å²) in [7, 11) is 3.95. The van der Waals surface area contributed by atoms with Crippen LogP contribution in [0.1, 0.15) is 25.0 Å². The number of nitrogens with one attached hydrogen (secondary N) is 1. The van der Waals surface area contributed by atoms with Crippen molar-refractivity contribution in [2.24, 2.45) is 5.92 Å². The van der Waals surface area contributed by atoms with Crippen LogP contribution in [0.4, 0.5) is 11.4 Å². The molecule has 0 bridgehead atoms. The van der Waals surface area contributed by atoms with E-state index in [0.717, 1.165) is 22.5 Å². The van der Waals surface area contributed by atoms with Gasteiger partial charge in [0.05, 0.1) is 5.57 Å². The highest BCUT2D eigenvalue weighted by Crippen LogP contribution is 2.31. The molecule has 28 heavy (non-hydrogen) atoms. The molecule has 1 N–H and O–H groups in total. The third-order valence-electron chi connectivity index (χ3n) is 4.71. The van der Waals surface area contributed by atoms with E-state index in [1.54, 1.807) is 0 Å². The van der Waals surface area contributed by atoms with E-state index in [4.69, 9.17) is 0 Å². The molecule has 0 radical (unpaired) electrons. The molecule has 0 saturated carbocycles. The number of anilines is 2. The first-order valence-electron chi connectivity index (χ1n) is 9.50. The van der Waals surface area contributed by atoms with Gasteiger partial charge < -0.3 is 10.2 Å². The summed E-state index contributed by atoms with van der Waals surface area (Å²) in [6, 6.07) is 15.5. The van der Waals surface area contributed by atoms with Crippen molar-refractivity contribution in [1.29, 1.82) is 0 Å². The monoisotopic (exact) mass is 377 g/mol. The lowest BCUT2D eigenvalue weighted by molar-refractivity contribution is -0.137. The van der Waals surface area contributed by atoms with E-state index in [-0.39, 0.29) is 17.7 Å². The van der Waals surface area contributed by atoms with Crippen LogP contribution in [0.3, 0.4) is 0 Å². The zero-order chi connectivity index (χ0) is 20.4. The summed E-state index contributed by atoms with van der Waals surface area (Å²) in [6.45, 7) is 6.39. The number of hydrogen-bond donors (Lipinski definition) is 1. The van der Waals surface area contributed by atoms with Gasteiger partial charge in [-0.15, -0.1) is 0 Å². The number of amides is 2. The Bertz CT molecular complexity index is 910. The van der Waals surface area contributed by atoms with Gasteiger partial charge in [0.2, 0.25) is 0 Å². The lowest BCUT2D eigenvalue weighted by Gasteiger charge is -2.17. The standard InChI is InChI=1S/C23H27N3O2/c1-15(2)14-26-22(27)20(17-8-6-16(3)7-9-17)21(23(26)28)24-18-10-12-19(13-11-18)25(4)5/h6-13,15,24H,14H2,1-5H3. The molecular weight excluding hydrogens is 350 g/mol. The number of nitrogens with zero attached hydrogens (tertiary/aromatic N) is 2. The van der Waals surface area contributed by atoms with Crippen molar-refractivity contribution >= 4 is 28.8 Å². The normalized spacial score (nSPS) is 14.3. The van der Waals surface area contributed by atoms with Crippen LogP contribution in [-0.4, -0.2) is 37.4 Å². The molecule has 1 heterocycles. The van der Waals surface area contributed by atoms with Gasteiger partial charge in [-0.3, -0.25) is 14.5 Å². The second-order valence-corrected chi connectivity index (χ2v) is 7.80. The Balaban J connectivity index is 2.01. The van der Waals surface area contributed by atoms with Crippen LogP contribution in [0, 0.1) is 12.8 Å². The Hall–Kier alpha value is -3.08. The van der Waals surface area contributed by atoms with Crippen molar-refractivity contribution in [2.75, 3.05) is 30.9 Å². The average molecular weight is 377 g/mol. The molecule has 5 nitrogen and oxygen atoms in total. The number of carbonyl (C=O) groups excluding carboxylic acids is 2. The molecule has 2 aromatic carbocycles. The van der Waals surface area contributed by atoms with Crippen LogP contribution in [0.15, 0.2) is 54.2 Å². The number of benzene rings is 2. The SMILES string of the molecule is Cc1ccc(C2=C(Nc3ccc(N(C)C)cc3)C(=O)N(CC(C)C)C2=O)cc1. The first kappa shape index (κ1) is 19.7. The Kier molecular flexibility index (Phi) is 5.54. The van der Waals surface area contributed by atoms with Gasteiger partial charge in [-0.25, -0.2) is 0 Å². The molecule has 146 valence electrons. The predicted octanol–water partition coefficient (Wildman–Crippen LogP) is 3.91. The van der Waals surface area contributed by atoms with Crippen LogP contribution >= 0.6 is 0 Å². The summed E-state index contributed by atoms with van der Waals surface area (Å²) in [5, 5.41) is 3.20. The highest BCUT2D eigenvalue weighted by Gasteiger charge is 2.39. The first-order valence-corrected chi connectivity index (χ1v) is 9.50. The van der Waals surface area contributed by atoms with Crippen molar-refractivity contribution in [3.05, 3.63) is 65.4 Å². The van der Waals surface area contributed by atoms with Crippen LogP contribution < -0.4 is 10.2 Å². The summed E-state index contributed by atoms with van der Waals surface area (Å²) in [4.78, 5) is 29.5. The van der Waals surface area contributed by atoms with Gasteiger partial charge in [0, 0.05) is 32.0 Å². The van der Waals surface area contributed by atoms with Gasteiger partial charge in [-0.2, -0.15) is 0 Å². The maximum atomic E-state index is 13.1. The second-order valence-electron chi connectivity index (χ2n) is 7.80. The fraction of sp³-hybridized carbons (Fsp3) is 0.304. The summed E-state index contributed by atoms with van der Waals surface area (Å²) >= 11 is 0. The fourth-order valence-corrected chi connectivity index (χ4v) is 3.20. The largest absolute Gasteiger partial charge is 0.378 e. The van der Waals surface area contributed by atoms with Crippen LogP contribution in [0.2, 0.25) is 0 Å². The molecule has 1 aliphatic heterocycles. The molecule has 0 spiro atoms. The van der Waals surface area contributed by atoms with Crippen molar-refractivity contribution < 1.29 is 9.59 Å². The number of aryl methyl sites for hydroxylation is 1. The smallest absolute Gasteiger partial charge is 0.278 e. The first-order chi connectivity index (χ1) is 13.3. The maximum absolute atomic E-state index is 13.1. The number of rotatable bonds is 6. The van der Waals surface area contributed by atoms with E-state index in [1.165, 1.54) is 4.90 Å². The Labute approximate surface area is 166 Å². The summed E-state index contributed by atoms with van der Waals surface area (Å²) in [5.41, 5.74) is 4.47. The molecule has 0 saturated heterocycles. The lowest BCUT2D eigenvalue weighted by atomic mass is 10.0. The van der Waals surface area contributed by atoms with E-state index in [9.17, 15) is 9.59 Å². The molecule has 0 atom stereocenters. The van der Waals surface area contributed by atoms with Crippen LogP contribution in [0.25, 0.3) is 5.57 Å². The summed E-state index contributed by atoms with van der Waals surface area (Å²) in [6.07, 6.45) is 0. The third-order valence-corrected chi connectivity index (χ3v) is 4.71. The van der Waals surface area contributed by atoms with E-state index < -0.39 is 0 Å². The minimum atomic E-state index is -0.272. The molecule has 0 aliphatic carbocycles. The molecule has 2 aromatic rings. The maximum Gasteiger partial charge on any atom is 0.278 e. The van der Waals surface area contributed by atoms with Crippen molar-refractivity contribution in [1.82, 2.24) is 4.90 Å². The second kappa shape index (κ2) is 7.89. The van der Waals surface area contributed by atoms with Gasteiger partial charge in [-0.05, 0) is 42.7 Å². The molecule has 0 fully saturated rings. The van der Waals surface area contributed by atoms with E-state index >= 15 is 0 Å². The topological polar surface area (TPSA) is 52.7 Å². The van der Waals surface area contributed by atoms with E-state index in [2.05, 4.69) is 5.32 Å². The average Bonchev–Trinajstić information content (AvgIpc) is 2.87. The molecule has 0 aromatic heterocycles. The predicted molar refractivity (Wildman–Crippen MR) is 114 cm³/mol. The van der Waals surface area contributed by atoms with Crippen molar-refractivity contribution in [2.45, 2.75) is 20.8 Å². The number of imide groups is 1. The zero-order valence-corrected chi connectivity index (χ0v) is 17.1. The fourth-order valence-electron chi connectivity index (χ4n) is 3.20. The van der Waals surface area contributed by atoms with E-state index in [0.29, 0.717) is 17.8 Å². The Morgan fingerprint density at radius 2 is 1.54 bits per heavy atom. The van der Waals surface area contributed by atoms with Crippen molar-refractivity contribution in [3.63, 3.8) is 0 Å². The molecule has 5 heteroatoms. The lowest BCUT2D eigenvalue weighted by Crippen LogP contribution is -2.35. The molecular formula is C23H27N3O2. The van der Waals surface area contributed by atoms with Gasteiger partial charge in [0.1, 0.15) is 5.70 Å². The number of hydrogen-bond acceptors (Lipinski definition) is 4. The minimum Gasteiger partial charge on any atom is -0.378 e. The van der Waals surface area contributed by atoms with Crippen LogP contribution in [0.5, 0.6) is 0 Å². The number of carbonyl (C=O) groups is 2. The van der Waals surface area contributed by atoms with Gasteiger partial charge in [0.15, 0.2) is 0 Å². The van der Waals surface area contributed by atoms with E-state index in [1.807, 2.05) is 88.3 Å². The van der Waals surface area contributed by atoms with Gasteiger partial charge in [-0.1, -0.05) is 43.7 Å². The Morgan fingerprint density at radius 1 is 0.929 bits per heavy atom. The highest BCUT2D eigenvalue weighted by atomic mass is 16.2. The molecule has 2 amide bonds. The minimum absolute atomic E-state index is 0.200. The van der Waals surface area contributed by atoms with Gasteiger partial charge in [0.25, 0.3) is 11.8 Å². The summed E-state index contributed by atoms with van der Waals surface area (Å²) in [5.74, 6) is -0.313. The molecule has 0 unspecified atom stereocenters.